The van der Waals surface area contributed by atoms with Crippen LogP contribution in [0.2, 0.25) is 0 Å². The molecular weight excluding hydrogens is 318 g/mol. The van der Waals surface area contributed by atoms with Gasteiger partial charge in [0.05, 0.1) is 5.39 Å². The minimum atomic E-state index is 0.721. The Labute approximate surface area is 125 Å². The predicted octanol–water partition coefficient (Wildman–Crippen LogP) is 2.36. The van der Waals surface area contributed by atoms with Gasteiger partial charge in [0.2, 0.25) is 0 Å². The van der Waals surface area contributed by atoms with Crippen LogP contribution in [0.1, 0.15) is 19.3 Å². The van der Waals surface area contributed by atoms with E-state index < -0.39 is 0 Å². The number of aromatic nitrogens is 4. The van der Waals surface area contributed by atoms with Crippen molar-refractivity contribution >= 4 is 32.8 Å². The molecule has 0 radical (unpaired) electrons. The summed E-state index contributed by atoms with van der Waals surface area (Å²) in [5, 5.41) is 5.50. The molecule has 0 unspecified atom stereocenters. The summed E-state index contributed by atoms with van der Waals surface area (Å²) in [6.45, 7) is 1.17. The normalized spacial score (nSPS) is 34.6. The van der Waals surface area contributed by atoms with Crippen LogP contribution < -0.4 is 4.90 Å². The lowest BCUT2D eigenvalue weighted by atomic mass is 9.77. The van der Waals surface area contributed by atoms with E-state index in [9.17, 15) is 0 Å². The summed E-state index contributed by atoms with van der Waals surface area (Å²) in [4.78, 5) is 11.5. The third-order valence-electron chi connectivity index (χ3n) is 5.64. The fourth-order valence-electron chi connectivity index (χ4n) is 4.81. The highest BCUT2D eigenvalue weighted by Gasteiger charge is 2.57. The molecule has 3 aliphatic rings. The molecule has 1 saturated heterocycles. The van der Waals surface area contributed by atoms with Crippen molar-refractivity contribution in [1.29, 1.82) is 0 Å². The van der Waals surface area contributed by atoms with Gasteiger partial charge in [0, 0.05) is 19.6 Å². The van der Waals surface area contributed by atoms with E-state index in [0.29, 0.717) is 0 Å². The van der Waals surface area contributed by atoms with Crippen molar-refractivity contribution in [2.24, 2.45) is 24.8 Å². The zero-order valence-corrected chi connectivity index (χ0v) is 12.9. The number of hydrogen-bond acceptors (Lipinski definition) is 4. The second kappa shape index (κ2) is 3.72. The second-order valence-electron chi connectivity index (χ2n) is 6.45. The summed E-state index contributed by atoms with van der Waals surface area (Å²) in [5.74, 6) is 3.85. The van der Waals surface area contributed by atoms with Crippen LogP contribution in [-0.2, 0) is 7.05 Å². The van der Waals surface area contributed by atoms with Gasteiger partial charge in [0.1, 0.15) is 16.7 Å². The maximum absolute atomic E-state index is 4.58. The topological polar surface area (TPSA) is 46.8 Å². The molecule has 2 aromatic heterocycles. The highest BCUT2D eigenvalue weighted by atomic mass is 79.9. The van der Waals surface area contributed by atoms with E-state index in [-0.39, 0.29) is 0 Å². The molecule has 3 fully saturated rings. The molecule has 0 N–H and O–H groups in total. The smallest absolute Gasteiger partial charge is 0.164 e. The van der Waals surface area contributed by atoms with Gasteiger partial charge in [-0.2, -0.15) is 5.10 Å². The molecule has 0 aromatic carbocycles. The van der Waals surface area contributed by atoms with Gasteiger partial charge >= 0.3 is 0 Å². The van der Waals surface area contributed by atoms with Crippen molar-refractivity contribution in [3.05, 3.63) is 10.9 Å². The van der Waals surface area contributed by atoms with Crippen LogP contribution in [0.15, 0.2) is 10.9 Å². The number of hydrogen-bond donors (Lipinski definition) is 0. The van der Waals surface area contributed by atoms with Crippen molar-refractivity contribution in [1.82, 2.24) is 19.7 Å². The van der Waals surface area contributed by atoms with Gasteiger partial charge in [0.25, 0.3) is 0 Å². The van der Waals surface area contributed by atoms with Crippen LogP contribution >= 0.6 is 15.9 Å². The molecule has 4 atom stereocenters. The molecule has 2 saturated carbocycles. The molecule has 6 heteroatoms. The Balaban J connectivity index is 1.62. The van der Waals surface area contributed by atoms with E-state index in [2.05, 4.69) is 35.9 Å². The molecule has 2 aliphatic carbocycles. The lowest BCUT2D eigenvalue weighted by molar-refractivity contribution is 0.198. The van der Waals surface area contributed by atoms with Gasteiger partial charge < -0.3 is 4.90 Å². The van der Waals surface area contributed by atoms with Crippen LogP contribution in [-0.4, -0.2) is 32.3 Å². The first-order valence-electron chi connectivity index (χ1n) is 7.34. The van der Waals surface area contributed by atoms with Crippen LogP contribution in [0, 0.1) is 17.8 Å². The van der Waals surface area contributed by atoms with Crippen LogP contribution in [0.4, 0.5) is 5.82 Å². The first kappa shape index (κ1) is 11.5. The molecular formula is C14H16BrN5. The minimum absolute atomic E-state index is 0.721. The summed E-state index contributed by atoms with van der Waals surface area (Å²) in [6.07, 6.45) is 5.97. The number of nitrogens with zero attached hydrogens (tertiary/aromatic N) is 5. The number of fused-ring (bicyclic) bond motifs is 6. The molecule has 0 amide bonds. The lowest BCUT2D eigenvalue weighted by Gasteiger charge is -2.51. The molecule has 1 aliphatic heterocycles. The standard InChI is InChI=1S/C14H16BrN5/c1-19-13-10(12(15)18-19)14(17-6-16-13)20-5-9-7-2-3-8(4-7)11(9)20/h6-9,11H,2-5H2,1H3/t7-,8-,9+,11+/m0/s1. The number of aryl methyl sites for hydroxylation is 1. The first-order valence-corrected chi connectivity index (χ1v) is 8.13. The third-order valence-corrected chi connectivity index (χ3v) is 6.19. The highest BCUT2D eigenvalue weighted by Crippen LogP contribution is 2.56. The van der Waals surface area contributed by atoms with Crippen molar-refractivity contribution in [2.75, 3.05) is 11.4 Å². The van der Waals surface area contributed by atoms with E-state index in [0.717, 1.165) is 45.3 Å². The minimum Gasteiger partial charge on any atom is -0.352 e. The quantitative estimate of drug-likeness (QED) is 0.803. The van der Waals surface area contributed by atoms with Gasteiger partial charge in [0.15, 0.2) is 5.65 Å². The average Bonchev–Trinajstić information content (AvgIpc) is 3.02. The largest absolute Gasteiger partial charge is 0.352 e. The highest BCUT2D eigenvalue weighted by molar-refractivity contribution is 9.10. The number of rotatable bonds is 1. The molecule has 5 rings (SSSR count). The van der Waals surface area contributed by atoms with Gasteiger partial charge in [-0.05, 0) is 52.9 Å². The van der Waals surface area contributed by atoms with Crippen molar-refractivity contribution in [2.45, 2.75) is 25.3 Å². The number of halogens is 1. The van der Waals surface area contributed by atoms with Crippen molar-refractivity contribution in [3.63, 3.8) is 0 Å². The van der Waals surface area contributed by atoms with Crippen molar-refractivity contribution < 1.29 is 0 Å². The molecule has 2 bridgehead atoms. The van der Waals surface area contributed by atoms with Crippen molar-refractivity contribution in [3.8, 4) is 0 Å². The van der Waals surface area contributed by atoms with Crippen LogP contribution in [0.3, 0.4) is 0 Å². The summed E-state index contributed by atoms with van der Waals surface area (Å²) in [5.41, 5.74) is 0.911. The Kier molecular flexibility index (Phi) is 2.14. The summed E-state index contributed by atoms with van der Waals surface area (Å²) in [7, 11) is 1.93. The Morgan fingerprint density at radius 1 is 1.25 bits per heavy atom. The van der Waals surface area contributed by atoms with E-state index in [1.165, 1.54) is 25.8 Å². The third kappa shape index (κ3) is 1.26. The summed E-state index contributed by atoms with van der Waals surface area (Å²) in [6, 6.07) is 0.721. The Bertz CT molecular complexity index is 709. The SMILES string of the molecule is Cn1nc(Br)c2c(N3C[C@@H]4[C@H]5CC[C@@H](C5)[C@H]43)ncnc21. The molecule has 0 spiro atoms. The Hall–Kier alpha value is -1.17. The van der Waals surface area contributed by atoms with E-state index >= 15 is 0 Å². The number of anilines is 1. The molecule has 20 heavy (non-hydrogen) atoms. The fraction of sp³-hybridized carbons (Fsp3) is 0.643. The Morgan fingerprint density at radius 3 is 2.95 bits per heavy atom. The van der Waals surface area contributed by atoms with Gasteiger partial charge in [-0.3, -0.25) is 0 Å². The second-order valence-corrected chi connectivity index (χ2v) is 7.20. The zero-order chi connectivity index (χ0) is 13.4. The molecule has 104 valence electrons. The summed E-state index contributed by atoms with van der Waals surface area (Å²) >= 11 is 3.57. The van der Waals surface area contributed by atoms with Gasteiger partial charge in [-0.25, -0.2) is 14.6 Å². The molecule has 2 aromatic rings. The molecule has 5 nitrogen and oxygen atoms in total. The van der Waals surface area contributed by atoms with Crippen LogP contribution in [0.25, 0.3) is 11.0 Å². The van der Waals surface area contributed by atoms with Gasteiger partial charge in [-0.1, -0.05) is 0 Å². The summed E-state index contributed by atoms with van der Waals surface area (Å²) < 4.78 is 2.68. The van der Waals surface area contributed by atoms with Crippen LogP contribution in [0.5, 0.6) is 0 Å². The lowest BCUT2D eigenvalue weighted by Crippen LogP contribution is -2.59. The Morgan fingerprint density at radius 2 is 2.10 bits per heavy atom. The van der Waals surface area contributed by atoms with E-state index in [1.807, 2.05) is 11.7 Å². The monoisotopic (exact) mass is 333 g/mol. The fourth-order valence-corrected chi connectivity index (χ4v) is 5.40. The van der Waals surface area contributed by atoms with E-state index in [1.54, 1.807) is 6.33 Å². The maximum Gasteiger partial charge on any atom is 0.164 e. The maximum atomic E-state index is 4.58. The molecule has 3 heterocycles. The van der Waals surface area contributed by atoms with E-state index in [4.69, 9.17) is 0 Å². The zero-order valence-electron chi connectivity index (χ0n) is 11.3. The first-order chi connectivity index (χ1) is 9.74. The predicted molar refractivity (Wildman–Crippen MR) is 79.5 cm³/mol. The van der Waals surface area contributed by atoms with Gasteiger partial charge in [-0.15, -0.1) is 0 Å². The average molecular weight is 334 g/mol.